The summed E-state index contributed by atoms with van der Waals surface area (Å²) in [5.74, 6) is 0.0218. The minimum Gasteiger partial charge on any atom is -0.497 e. The summed E-state index contributed by atoms with van der Waals surface area (Å²) in [6.07, 6.45) is 2.72. The van der Waals surface area contributed by atoms with Crippen LogP contribution in [-0.2, 0) is 11.2 Å². The van der Waals surface area contributed by atoms with Crippen LogP contribution in [0.5, 0.6) is 5.75 Å². The van der Waals surface area contributed by atoms with Gasteiger partial charge in [-0.2, -0.15) is 0 Å². The lowest BCUT2D eigenvalue weighted by Crippen LogP contribution is -2.08. The van der Waals surface area contributed by atoms with E-state index >= 15 is 0 Å². The zero-order valence-corrected chi connectivity index (χ0v) is 8.49. The van der Waals surface area contributed by atoms with Crippen LogP contribution >= 0.6 is 0 Å². The van der Waals surface area contributed by atoms with Gasteiger partial charge in [-0.1, -0.05) is 12.1 Å². The summed E-state index contributed by atoms with van der Waals surface area (Å²) >= 11 is 0. The number of fused-ring (bicyclic) bond motifs is 1. The number of aliphatic carboxylic acids is 1. The Morgan fingerprint density at radius 3 is 3.07 bits per heavy atom. The van der Waals surface area contributed by atoms with Crippen LogP contribution in [0.25, 0.3) is 5.57 Å². The molecule has 1 aliphatic rings. The maximum Gasteiger partial charge on any atom is 0.307 e. The van der Waals surface area contributed by atoms with E-state index in [1.165, 1.54) is 5.56 Å². The van der Waals surface area contributed by atoms with Crippen LogP contribution in [0.2, 0.25) is 0 Å². The number of ether oxygens (including phenoxy) is 1. The van der Waals surface area contributed by atoms with Crippen LogP contribution < -0.4 is 4.74 Å². The molecule has 0 fully saturated rings. The first-order valence-electron chi connectivity index (χ1n) is 4.79. The highest BCUT2D eigenvalue weighted by atomic mass is 16.5. The average molecular weight is 204 g/mol. The van der Waals surface area contributed by atoms with E-state index in [2.05, 4.69) is 0 Å². The van der Waals surface area contributed by atoms with Crippen molar-refractivity contribution in [2.75, 3.05) is 7.11 Å². The summed E-state index contributed by atoms with van der Waals surface area (Å²) in [4.78, 5) is 10.4. The van der Waals surface area contributed by atoms with E-state index in [4.69, 9.17) is 9.84 Å². The van der Waals surface area contributed by atoms with E-state index in [0.29, 0.717) is 0 Å². The molecule has 15 heavy (non-hydrogen) atoms. The Morgan fingerprint density at radius 1 is 1.60 bits per heavy atom. The van der Waals surface area contributed by atoms with Crippen LogP contribution in [-0.4, -0.2) is 18.2 Å². The summed E-state index contributed by atoms with van der Waals surface area (Å²) in [5, 5.41) is 8.56. The number of carboxylic acid groups (broad SMARTS) is 1. The third-order valence-electron chi connectivity index (χ3n) is 2.57. The second-order valence-corrected chi connectivity index (χ2v) is 3.53. The SMILES string of the molecule is COc1ccc2c(c1)/C(=C/CC(=O)O)C2. The third kappa shape index (κ3) is 1.86. The second-order valence-electron chi connectivity index (χ2n) is 3.53. The topological polar surface area (TPSA) is 46.5 Å². The molecule has 0 heterocycles. The van der Waals surface area contributed by atoms with Crippen LogP contribution in [0.15, 0.2) is 24.3 Å². The maximum atomic E-state index is 10.4. The van der Waals surface area contributed by atoms with E-state index in [0.717, 1.165) is 23.3 Å². The molecule has 78 valence electrons. The largest absolute Gasteiger partial charge is 0.497 e. The summed E-state index contributed by atoms with van der Waals surface area (Å²) in [7, 11) is 1.63. The molecule has 1 N–H and O–H groups in total. The lowest BCUT2D eigenvalue weighted by molar-refractivity contribution is -0.135. The Bertz CT molecular complexity index is 432. The van der Waals surface area contributed by atoms with Crippen molar-refractivity contribution in [3.8, 4) is 5.75 Å². The zero-order chi connectivity index (χ0) is 10.8. The van der Waals surface area contributed by atoms with Gasteiger partial charge in [0, 0.05) is 0 Å². The highest BCUT2D eigenvalue weighted by Gasteiger charge is 2.19. The summed E-state index contributed by atoms with van der Waals surface area (Å²) in [5.41, 5.74) is 3.48. The zero-order valence-electron chi connectivity index (χ0n) is 8.49. The predicted molar refractivity (Wildman–Crippen MR) is 56.9 cm³/mol. The molecule has 0 atom stereocenters. The molecule has 1 aliphatic carbocycles. The second kappa shape index (κ2) is 3.77. The van der Waals surface area contributed by atoms with E-state index in [1.54, 1.807) is 13.2 Å². The summed E-state index contributed by atoms with van der Waals surface area (Å²) in [6, 6.07) is 5.89. The molecule has 1 aromatic carbocycles. The number of hydrogen-bond donors (Lipinski definition) is 1. The maximum absolute atomic E-state index is 10.4. The van der Waals surface area contributed by atoms with Gasteiger partial charge in [0.2, 0.25) is 0 Å². The van der Waals surface area contributed by atoms with Gasteiger partial charge in [0.05, 0.1) is 13.5 Å². The minimum atomic E-state index is -0.793. The molecule has 3 nitrogen and oxygen atoms in total. The Kier molecular flexibility index (Phi) is 2.46. The Balaban J connectivity index is 2.21. The molecule has 0 saturated carbocycles. The van der Waals surface area contributed by atoms with Gasteiger partial charge in [0.1, 0.15) is 5.75 Å². The van der Waals surface area contributed by atoms with Crippen LogP contribution in [0.1, 0.15) is 17.5 Å². The minimum absolute atomic E-state index is 0.0893. The first-order valence-corrected chi connectivity index (χ1v) is 4.79. The Labute approximate surface area is 88.0 Å². The van der Waals surface area contributed by atoms with Gasteiger partial charge in [0.25, 0.3) is 0 Å². The molecule has 0 unspecified atom stereocenters. The first kappa shape index (κ1) is 9.77. The smallest absolute Gasteiger partial charge is 0.307 e. The van der Waals surface area contributed by atoms with E-state index in [-0.39, 0.29) is 6.42 Å². The number of carbonyl (C=O) groups is 1. The number of carboxylic acids is 1. The normalized spacial score (nSPS) is 15.7. The van der Waals surface area contributed by atoms with Crippen molar-refractivity contribution in [1.29, 1.82) is 0 Å². The van der Waals surface area contributed by atoms with Gasteiger partial charge in [-0.05, 0) is 35.3 Å². The van der Waals surface area contributed by atoms with Crippen LogP contribution in [0.4, 0.5) is 0 Å². The standard InChI is InChI=1S/C12H12O3/c1-15-10-4-2-8-6-9(11(8)7-10)3-5-12(13)14/h2-4,7H,5-6H2,1H3,(H,13,14)/b9-3+. The highest BCUT2D eigenvalue weighted by molar-refractivity contribution is 5.82. The number of allylic oxidation sites excluding steroid dienone is 1. The fourth-order valence-corrected chi connectivity index (χ4v) is 1.72. The molecule has 0 aliphatic heterocycles. The van der Waals surface area contributed by atoms with Crippen molar-refractivity contribution >= 4 is 11.5 Å². The summed E-state index contributed by atoms with van der Waals surface area (Å²) in [6.45, 7) is 0. The third-order valence-corrected chi connectivity index (χ3v) is 2.57. The van der Waals surface area contributed by atoms with Crippen molar-refractivity contribution in [3.05, 3.63) is 35.4 Å². The molecule has 0 spiro atoms. The van der Waals surface area contributed by atoms with Crippen LogP contribution in [0, 0.1) is 0 Å². The molecule has 0 radical (unpaired) electrons. The molecule has 0 saturated heterocycles. The fraction of sp³-hybridized carbons (Fsp3) is 0.250. The van der Waals surface area contributed by atoms with Gasteiger partial charge in [-0.15, -0.1) is 0 Å². The quantitative estimate of drug-likeness (QED) is 0.820. The molecule has 0 amide bonds. The van der Waals surface area contributed by atoms with Crippen molar-refractivity contribution in [2.45, 2.75) is 12.8 Å². The molecular weight excluding hydrogens is 192 g/mol. The number of benzene rings is 1. The lowest BCUT2D eigenvalue weighted by atomic mass is 9.82. The molecular formula is C12H12O3. The van der Waals surface area contributed by atoms with Crippen molar-refractivity contribution in [1.82, 2.24) is 0 Å². The predicted octanol–water partition coefficient (Wildman–Crippen LogP) is 2.11. The molecule has 3 heteroatoms. The van der Waals surface area contributed by atoms with E-state index in [1.807, 2.05) is 18.2 Å². The van der Waals surface area contributed by atoms with Crippen molar-refractivity contribution in [2.24, 2.45) is 0 Å². The Hall–Kier alpha value is -1.77. The van der Waals surface area contributed by atoms with E-state index < -0.39 is 5.97 Å². The van der Waals surface area contributed by atoms with Crippen LogP contribution in [0.3, 0.4) is 0 Å². The average Bonchev–Trinajstić information content (AvgIpc) is 2.19. The van der Waals surface area contributed by atoms with Gasteiger partial charge in [-0.25, -0.2) is 0 Å². The molecule has 0 aromatic heterocycles. The lowest BCUT2D eigenvalue weighted by Gasteiger charge is -2.23. The van der Waals surface area contributed by atoms with Gasteiger partial charge < -0.3 is 9.84 Å². The highest BCUT2D eigenvalue weighted by Crippen LogP contribution is 2.36. The van der Waals surface area contributed by atoms with Crippen molar-refractivity contribution in [3.63, 3.8) is 0 Å². The monoisotopic (exact) mass is 204 g/mol. The summed E-state index contributed by atoms with van der Waals surface area (Å²) < 4.78 is 5.11. The number of hydrogen-bond acceptors (Lipinski definition) is 2. The number of methoxy groups -OCH3 is 1. The Morgan fingerprint density at radius 2 is 2.40 bits per heavy atom. The van der Waals surface area contributed by atoms with Gasteiger partial charge in [-0.3, -0.25) is 4.79 Å². The van der Waals surface area contributed by atoms with Crippen molar-refractivity contribution < 1.29 is 14.6 Å². The first-order chi connectivity index (χ1) is 7.20. The molecule has 1 aromatic rings. The fourth-order valence-electron chi connectivity index (χ4n) is 1.72. The number of rotatable bonds is 3. The van der Waals surface area contributed by atoms with Gasteiger partial charge >= 0.3 is 5.97 Å². The van der Waals surface area contributed by atoms with Gasteiger partial charge in [0.15, 0.2) is 0 Å². The molecule has 2 rings (SSSR count). The van der Waals surface area contributed by atoms with E-state index in [9.17, 15) is 4.79 Å². The molecule has 0 bridgehead atoms.